The van der Waals surface area contributed by atoms with Crippen molar-refractivity contribution in [3.05, 3.63) is 123 Å². The van der Waals surface area contributed by atoms with E-state index >= 15 is 0 Å². The predicted molar refractivity (Wildman–Crippen MR) is 147 cm³/mol. The lowest BCUT2D eigenvalue weighted by atomic mass is 10.2. The van der Waals surface area contributed by atoms with Crippen molar-refractivity contribution in [2.24, 2.45) is 5.10 Å². The summed E-state index contributed by atoms with van der Waals surface area (Å²) in [7, 11) is 1.44. The van der Waals surface area contributed by atoms with E-state index in [-0.39, 0.29) is 22.2 Å². The van der Waals surface area contributed by atoms with Gasteiger partial charge in [-0.15, -0.1) is 0 Å². The Hall–Kier alpha value is -4.33. The van der Waals surface area contributed by atoms with E-state index < -0.39 is 5.97 Å². The van der Waals surface area contributed by atoms with Crippen molar-refractivity contribution in [1.29, 1.82) is 0 Å². The van der Waals surface area contributed by atoms with Gasteiger partial charge in [-0.05, 0) is 71.8 Å². The molecular formula is C29H22Cl2N2O5. The Kier molecular flexibility index (Phi) is 8.98. The fourth-order valence-corrected chi connectivity index (χ4v) is 3.82. The maximum atomic E-state index is 12.5. The highest BCUT2D eigenvalue weighted by Crippen LogP contribution is 2.30. The van der Waals surface area contributed by atoms with Gasteiger partial charge in [0.25, 0.3) is 5.91 Å². The smallest absolute Gasteiger partial charge is 0.345 e. The Labute approximate surface area is 229 Å². The standard InChI is InChI=1S/C29H22Cl2N2O5/c1-36-27-15-20(7-14-26(27)38-29(35)24-13-10-22(30)16-25(24)31)17-32-33-28(34)21-8-11-23(12-9-21)37-18-19-5-3-2-4-6-19/h2-17H,18H2,1H3,(H,33,34). The van der Waals surface area contributed by atoms with Gasteiger partial charge >= 0.3 is 5.97 Å². The number of carbonyl (C=O) groups excluding carboxylic acids is 2. The molecule has 0 saturated carbocycles. The highest BCUT2D eigenvalue weighted by molar-refractivity contribution is 6.36. The van der Waals surface area contributed by atoms with Crippen LogP contribution >= 0.6 is 23.2 Å². The van der Waals surface area contributed by atoms with E-state index in [1.54, 1.807) is 48.5 Å². The van der Waals surface area contributed by atoms with Crippen LogP contribution in [0.25, 0.3) is 0 Å². The summed E-state index contributed by atoms with van der Waals surface area (Å²) in [6, 6.07) is 25.9. The summed E-state index contributed by atoms with van der Waals surface area (Å²) < 4.78 is 16.5. The first-order chi connectivity index (χ1) is 18.4. The van der Waals surface area contributed by atoms with Crippen molar-refractivity contribution in [2.45, 2.75) is 6.61 Å². The zero-order valence-electron chi connectivity index (χ0n) is 20.2. The number of halogens is 2. The summed E-state index contributed by atoms with van der Waals surface area (Å²) in [5, 5.41) is 4.58. The first kappa shape index (κ1) is 26.7. The number of nitrogens with zero attached hydrogens (tertiary/aromatic N) is 1. The van der Waals surface area contributed by atoms with Crippen LogP contribution in [0.1, 0.15) is 31.8 Å². The lowest BCUT2D eigenvalue weighted by molar-refractivity contribution is 0.0729. The van der Waals surface area contributed by atoms with Gasteiger partial charge in [-0.3, -0.25) is 4.79 Å². The molecule has 0 radical (unpaired) electrons. The summed E-state index contributed by atoms with van der Waals surface area (Å²) in [4.78, 5) is 25.0. The number of ether oxygens (including phenoxy) is 3. The Morgan fingerprint density at radius 1 is 0.895 bits per heavy atom. The third-order valence-corrected chi connectivity index (χ3v) is 5.83. The monoisotopic (exact) mass is 548 g/mol. The average molecular weight is 549 g/mol. The van der Waals surface area contributed by atoms with Crippen LogP contribution in [0.2, 0.25) is 10.0 Å². The number of hydrogen-bond acceptors (Lipinski definition) is 6. The molecule has 4 rings (SSSR count). The summed E-state index contributed by atoms with van der Waals surface area (Å²) in [6.45, 7) is 0.438. The quantitative estimate of drug-likeness (QED) is 0.111. The van der Waals surface area contributed by atoms with Crippen molar-refractivity contribution < 1.29 is 23.8 Å². The van der Waals surface area contributed by atoms with Crippen LogP contribution in [0.4, 0.5) is 0 Å². The number of methoxy groups -OCH3 is 1. The van der Waals surface area contributed by atoms with Gasteiger partial charge in [0.2, 0.25) is 0 Å². The maximum Gasteiger partial charge on any atom is 0.345 e. The predicted octanol–water partition coefficient (Wildman–Crippen LogP) is 6.56. The Morgan fingerprint density at radius 2 is 1.66 bits per heavy atom. The average Bonchev–Trinajstić information content (AvgIpc) is 2.93. The van der Waals surface area contributed by atoms with Crippen molar-refractivity contribution in [3.8, 4) is 17.2 Å². The summed E-state index contributed by atoms with van der Waals surface area (Å²) in [5.74, 6) is 0.104. The van der Waals surface area contributed by atoms with Crippen molar-refractivity contribution >= 4 is 41.3 Å². The molecule has 7 nitrogen and oxygen atoms in total. The van der Waals surface area contributed by atoms with Crippen LogP contribution < -0.4 is 19.6 Å². The van der Waals surface area contributed by atoms with Gasteiger partial charge in [0, 0.05) is 10.6 Å². The van der Waals surface area contributed by atoms with Gasteiger partial charge in [0.15, 0.2) is 11.5 Å². The normalized spacial score (nSPS) is 10.7. The molecule has 192 valence electrons. The van der Waals surface area contributed by atoms with E-state index in [4.69, 9.17) is 37.4 Å². The summed E-state index contributed by atoms with van der Waals surface area (Å²) in [6.07, 6.45) is 1.44. The van der Waals surface area contributed by atoms with Crippen molar-refractivity contribution in [1.82, 2.24) is 5.43 Å². The van der Waals surface area contributed by atoms with E-state index in [0.717, 1.165) is 5.56 Å². The molecule has 4 aromatic rings. The third-order valence-electron chi connectivity index (χ3n) is 5.29. The molecule has 0 atom stereocenters. The fraction of sp³-hybridized carbons (Fsp3) is 0.0690. The highest BCUT2D eigenvalue weighted by atomic mass is 35.5. The lowest BCUT2D eigenvalue weighted by Gasteiger charge is -2.10. The molecule has 0 aliphatic heterocycles. The molecule has 0 aliphatic carbocycles. The first-order valence-electron chi connectivity index (χ1n) is 11.4. The SMILES string of the molecule is COc1cc(C=NNC(=O)c2ccc(OCc3ccccc3)cc2)ccc1OC(=O)c1ccc(Cl)cc1Cl. The second kappa shape index (κ2) is 12.8. The minimum absolute atomic E-state index is 0.169. The minimum atomic E-state index is -0.657. The molecule has 0 heterocycles. The molecule has 0 saturated heterocycles. The van der Waals surface area contributed by atoms with Gasteiger partial charge in [-0.2, -0.15) is 5.10 Å². The van der Waals surface area contributed by atoms with Gasteiger partial charge < -0.3 is 14.2 Å². The third kappa shape index (κ3) is 7.12. The molecule has 0 fully saturated rings. The lowest BCUT2D eigenvalue weighted by Crippen LogP contribution is -2.17. The van der Waals surface area contributed by atoms with E-state index in [1.807, 2.05) is 30.3 Å². The van der Waals surface area contributed by atoms with Crippen LogP contribution in [-0.2, 0) is 6.61 Å². The van der Waals surface area contributed by atoms with Crippen LogP contribution in [0.5, 0.6) is 17.2 Å². The molecular weight excluding hydrogens is 527 g/mol. The van der Waals surface area contributed by atoms with Gasteiger partial charge in [0.05, 0.1) is 23.9 Å². The second-order valence-electron chi connectivity index (χ2n) is 7.92. The first-order valence-corrected chi connectivity index (χ1v) is 12.1. The molecule has 38 heavy (non-hydrogen) atoms. The largest absolute Gasteiger partial charge is 0.493 e. The minimum Gasteiger partial charge on any atom is -0.493 e. The number of amides is 1. The van der Waals surface area contributed by atoms with Gasteiger partial charge in [-0.1, -0.05) is 53.5 Å². The molecule has 4 aromatic carbocycles. The van der Waals surface area contributed by atoms with Crippen LogP contribution in [0, 0.1) is 0 Å². The van der Waals surface area contributed by atoms with Crippen LogP contribution in [-0.4, -0.2) is 25.2 Å². The van der Waals surface area contributed by atoms with E-state index in [0.29, 0.717) is 34.3 Å². The number of carbonyl (C=O) groups is 2. The van der Waals surface area contributed by atoms with Crippen molar-refractivity contribution in [2.75, 3.05) is 7.11 Å². The highest BCUT2D eigenvalue weighted by Gasteiger charge is 2.16. The number of hydrazone groups is 1. The second-order valence-corrected chi connectivity index (χ2v) is 8.77. The summed E-state index contributed by atoms with van der Waals surface area (Å²) >= 11 is 12.0. The molecule has 0 unspecified atom stereocenters. The number of hydrogen-bond donors (Lipinski definition) is 1. The number of nitrogens with one attached hydrogen (secondary N) is 1. The Balaban J connectivity index is 1.33. The molecule has 1 amide bonds. The number of rotatable bonds is 9. The number of esters is 1. The number of benzene rings is 4. The van der Waals surface area contributed by atoms with Crippen LogP contribution in [0.3, 0.4) is 0 Å². The van der Waals surface area contributed by atoms with Crippen LogP contribution in [0.15, 0.2) is 96.1 Å². The Bertz CT molecular complexity index is 1460. The molecule has 9 heteroatoms. The summed E-state index contributed by atoms with van der Waals surface area (Å²) in [5.41, 5.74) is 4.73. The Morgan fingerprint density at radius 3 is 2.37 bits per heavy atom. The maximum absolute atomic E-state index is 12.5. The topological polar surface area (TPSA) is 86.2 Å². The van der Waals surface area contributed by atoms with E-state index in [1.165, 1.54) is 25.5 Å². The van der Waals surface area contributed by atoms with Crippen molar-refractivity contribution in [3.63, 3.8) is 0 Å². The molecule has 0 aliphatic rings. The molecule has 0 aromatic heterocycles. The van der Waals surface area contributed by atoms with Gasteiger partial charge in [-0.25, -0.2) is 10.2 Å². The molecule has 0 bridgehead atoms. The van der Waals surface area contributed by atoms with Gasteiger partial charge in [0.1, 0.15) is 12.4 Å². The zero-order chi connectivity index (χ0) is 26.9. The zero-order valence-corrected chi connectivity index (χ0v) is 21.7. The van der Waals surface area contributed by atoms with E-state index in [9.17, 15) is 9.59 Å². The fourth-order valence-electron chi connectivity index (χ4n) is 3.33. The van der Waals surface area contributed by atoms with E-state index in [2.05, 4.69) is 10.5 Å². The molecule has 0 spiro atoms. The molecule has 1 N–H and O–H groups in total.